The van der Waals surface area contributed by atoms with Gasteiger partial charge >= 0.3 is 0 Å². The van der Waals surface area contributed by atoms with Crippen LogP contribution in [0.5, 0.6) is 0 Å². The smallest absolute Gasteiger partial charge is 0.240 e. The van der Waals surface area contributed by atoms with Gasteiger partial charge < -0.3 is 15.4 Å². The number of benzene rings is 1. The molecule has 1 aliphatic heterocycles. The zero-order valence-corrected chi connectivity index (χ0v) is 16.2. The summed E-state index contributed by atoms with van der Waals surface area (Å²) < 4.78 is 32.8. The van der Waals surface area contributed by atoms with Crippen LogP contribution >= 0.6 is 0 Å². The molecule has 2 heterocycles. The van der Waals surface area contributed by atoms with E-state index in [1.54, 1.807) is 12.1 Å². The minimum Gasteiger partial charge on any atom is -0.377 e. The van der Waals surface area contributed by atoms with Crippen LogP contribution in [0.2, 0.25) is 0 Å². The molecule has 0 spiro atoms. The van der Waals surface area contributed by atoms with Gasteiger partial charge in [-0.25, -0.2) is 18.1 Å². The largest absolute Gasteiger partial charge is 0.377 e. The van der Waals surface area contributed by atoms with Gasteiger partial charge in [-0.15, -0.1) is 0 Å². The van der Waals surface area contributed by atoms with Gasteiger partial charge in [-0.2, -0.15) is 15.5 Å². The fourth-order valence-electron chi connectivity index (χ4n) is 2.72. The summed E-state index contributed by atoms with van der Waals surface area (Å²) in [6, 6.07) is 9.98. The molecule has 1 aromatic carbocycles. The number of rotatable bonds is 8. The highest BCUT2D eigenvalue weighted by molar-refractivity contribution is 7.89. The van der Waals surface area contributed by atoms with Crippen molar-refractivity contribution in [3.05, 3.63) is 36.0 Å². The molecular weight excluding hydrogens is 394 g/mol. The summed E-state index contributed by atoms with van der Waals surface area (Å²) in [4.78, 5) is 8.35. The first-order valence-corrected chi connectivity index (χ1v) is 10.4. The van der Waals surface area contributed by atoms with E-state index in [2.05, 4.69) is 25.3 Å². The molecular formula is C18H19N7O3S. The molecule has 150 valence electrons. The Morgan fingerprint density at radius 3 is 2.69 bits per heavy atom. The third-order valence-corrected chi connectivity index (χ3v) is 5.63. The fourth-order valence-corrected chi connectivity index (χ4v) is 3.79. The lowest BCUT2D eigenvalue weighted by Crippen LogP contribution is -2.31. The van der Waals surface area contributed by atoms with E-state index in [1.807, 2.05) is 12.1 Å². The minimum atomic E-state index is -3.63. The van der Waals surface area contributed by atoms with Gasteiger partial charge in [0.25, 0.3) is 0 Å². The van der Waals surface area contributed by atoms with Crippen LogP contribution in [0.1, 0.15) is 18.4 Å². The predicted molar refractivity (Wildman–Crippen MR) is 105 cm³/mol. The molecule has 0 bridgehead atoms. The second-order valence-corrected chi connectivity index (χ2v) is 7.98. The Morgan fingerprint density at radius 2 is 2.03 bits per heavy atom. The third-order valence-electron chi connectivity index (χ3n) is 4.19. The monoisotopic (exact) mass is 413 g/mol. The molecule has 0 aliphatic carbocycles. The summed E-state index contributed by atoms with van der Waals surface area (Å²) in [5, 5.41) is 23.4. The van der Waals surface area contributed by atoms with E-state index < -0.39 is 10.0 Å². The van der Waals surface area contributed by atoms with Gasteiger partial charge in [-0.05, 0) is 37.1 Å². The van der Waals surface area contributed by atoms with Crippen molar-refractivity contribution in [1.82, 2.24) is 14.7 Å². The third kappa shape index (κ3) is 5.39. The Balaban J connectivity index is 1.67. The van der Waals surface area contributed by atoms with E-state index in [1.165, 1.54) is 18.3 Å². The van der Waals surface area contributed by atoms with Crippen LogP contribution in [0, 0.1) is 22.7 Å². The Kier molecular flexibility index (Phi) is 6.57. The van der Waals surface area contributed by atoms with Crippen LogP contribution in [0.15, 0.2) is 35.4 Å². The molecule has 10 nitrogen and oxygen atoms in total. The van der Waals surface area contributed by atoms with Gasteiger partial charge in [-0.3, -0.25) is 0 Å². The molecule has 1 aromatic heterocycles. The number of anilines is 3. The molecule has 29 heavy (non-hydrogen) atoms. The molecule has 2 aromatic rings. The molecule has 3 N–H and O–H groups in total. The summed E-state index contributed by atoms with van der Waals surface area (Å²) in [5.41, 5.74) is 0.781. The first kappa shape index (κ1) is 20.5. The maximum Gasteiger partial charge on any atom is 0.240 e. The van der Waals surface area contributed by atoms with E-state index in [0.717, 1.165) is 12.8 Å². The summed E-state index contributed by atoms with van der Waals surface area (Å²) in [7, 11) is -3.63. The highest BCUT2D eigenvalue weighted by Crippen LogP contribution is 2.19. The standard InChI is InChI=1S/C18H19N7O3S/c19-7-8-21-17-13(10-20)11-22-18(25-17)24-14-3-5-16(6-4-14)29(26,27)23-12-15-2-1-9-28-15/h3-6,11,15,23H,1-2,8-9,12H2,(H2,21,22,24,25). The lowest BCUT2D eigenvalue weighted by Gasteiger charge is -2.12. The summed E-state index contributed by atoms with van der Waals surface area (Å²) in [6.45, 7) is 0.911. The number of ether oxygens (including phenoxy) is 1. The van der Waals surface area contributed by atoms with Crippen molar-refractivity contribution in [3.63, 3.8) is 0 Å². The number of nitrogens with one attached hydrogen (secondary N) is 3. The van der Waals surface area contributed by atoms with Gasteiger partial charge in [0, 0.05) is 18.8 Å². The molecule has 0 saturated carbocycles. The molecule has 3 rings (SSSR count). The van der Waals surface area contributed by atoms with Crippen LogP contribution < -0.4 is 15.4 Å². The van der Waals surface area contributed by atoms with E-state index >= 15 is 0 Å². The van der Waals surface area contributed by atoms with Crippen LogP contribution in [-0.4, -0.2) is 44.2 Å². The first-order chi connectivity index (χ1) is 14.0. The summed E-state index contributed by atoms with van der Waals surface area (Å²) >= 11 is 0. The van der Waals surface area contributed by atoms with Crippen LogP contribution in [0.3, 0.4) is 0 Å². The molecule has 0 amide bonds. The number of hydrogen-bond donors (Lipinski definition) is 3. The molecule has 1 aliphatic rings. The lowest BCUT2D eigenvalue weighted by atomic mass is 10.2. The average molecular weight is 413 g/mol. The number of nitrogens with zero attached hydrogens (tertiary/aromatic N) is 4. The van der Waals surface area contributed by atoms with Gasteiger partial charge in [-0.1, -0.05) is 0 Å². The van der Waals surface area contributed by atoms with Crippen molar-refractivity contribution < 1.29 is 13.2 Å². The Labute approximate surface area is 168 Å². The van der Waals surface area contributed by atoms with Crippen molar-refractivity contribution in [3.8, 4) is 12.1 Å². The van der Waals surface area contributed by atoms with Crippen molar-refractivity contribution in [2.75, 3.05) is 30.3 Å². The average Bonchev–Trinajstić information content (AvgIpc) is 3.25. The summed E-state index contributed by atoms with van der Waals surface area (Å²) in [5.74, 6) is 0.445. The molecule has 1 saturated heterocycles. The van der Waals surface area contributed by atoms with Crippen molar-refractivity contribution in [1.29, 1.82) is 10.5 Å². The first-order valence-electron chi connectivity index (χ1n) is 8.88. The predicted octanol–water partition coefficient (Wildman–Crippen LogP) is 1.48. The van der Waals surface area contributed by atoms with Gasteiger partial charge in [0.05, 0.1) is 23.3 Å². The number of nitriles is 2. The Morgan fingerprint density at radius 1 is 1.24 bits per heavy atom. The van der Waals surface area contributed by atoms with Gasteiger partial charge in [0.1, 0.15) is 24.0 Å². The molecule has 0 radical (unpaired) electrons. The zero-order valence-electron chi connectivity index (χ0n) is 15.4. The maximum absolute atomic E-state index is 12.4. The lowest BCUT2D eigenvalue weighted by molar-refractivity contribution is 0.114. The Bertz CT molecular complexity index is 1040. The highest BCUT2D eigenvalue weighted by atomic mass is 32.2. The SMILES string of the molecule is N#CCNc1nc(Nc2ccc(S(=O)(=O)NCC3CCCO3)cc2)ncc1C#N. The highest BCUT2D eigenvalue weighted by Gasteiger charge is 2.20. The van der Waals surface area contributed by atoms with Crippen LogP contribution in [0.25, 0.3) is 0 Å². The maximum atomic E-state index is 12.4. The second kappa shape index (κ2) is 9.30. The molecule has 1 fully saturated rings. The number of aromatic nitrogens is 2. The van der Waals surface area contributed by atoms with Crippen molar-refractivity contribution >= 4 is 27.5 Å². The molecule has 1 unspecified atom stereocenters. The molecule has 11 heteroatoms. The zero-order chi connectivity index (χ0) is 20.7. The quantitative estimate of drug-likeness (QED) is 0.546. The minimum absolute atomic E-state index is 0.00339. The number of sulfonamides is 1. The van der Waals surface area contributed by atoms with Gasteiger partial charge in [0.2, 0.25) is 16.0 Å². The van der Waals surface area contributed by atoms with Crippen LogP contribution in [-0.2, 0) is 14.8 Å². The van der Waals surface area contributed by atoms with E-state index in [-0.39, 0.29) is 41.4 Å². The topological polar surface area (TPSA) is 153 Å². The Hall–Kier alpha value is -3.25. The van der Waals surface area contributed by atoms with E-state index in [0.29, 0.717) is 12.3 Å². The second-order valence-electron chi connectivity index (χ2n) is 6.22. The summed E-state index contributed by atoms with van der Waals surface area (Å²) in [6.07, 6.45) is 3.05. The van der Waals surface area contributed by atoms with Crippen LogP contribution in [0.4, 0.5) is 17.5 Å². The van der Waals surface area contributed by atoms with Crippen molar-refractivity contribution in [2.45, 2.75) is 23.8 Å². The van der Waals surface area contributed by atoms with Crippen molar-refractivity contribution in [2.24, 2.45) is 0 Å². The fraction of sp³-hybridized carbons (Fsp3) is 0.333. The normalized spacial score (nSPS) is 16.0. The van der Waals surface area contributed by atoms with E-state index in [9.17, 15) is 8.42 Å². The van der Waals surface area contributed by atoms with E-state index in [4.69, 9.17) is 15.3 Å². The molecule has 1 atom stereocenters. The number of hydrogen-bond acceptors (Lipinski definition) is 9. The van der Waals surface area contributed by atoms with Gasteiger partial charge in [0.15, 0.2) is 0 Å².